The second kappa shape index (κ2) is 5.63. The first-order valence-electron chi connectivity index (χ1n) is 5.76. The molecule has 5 nitrogen and oxygen atoms in total. The second-order valence-electron chi connectivity index (χ2n) is 4.00. The molecule has 2 N–H and O–H groups in total. The normalized spacial score (nSPS) is 10.6. The van der Waals surface area contributed by atoms with Crippen LogP contribution in [0.5, 0.6) is 11.5 Å². The fourth-order valence-corrected chi connectivity index (χ4v) is 2.69. The van der Waals surface area contributed by atoms with E-state index in [0.29, 0.717) is 18.0 Å². The number of hydrogen-bond donors (Lipinski definition) is 1. The highest BCUT2D eigenvalue weighted by atomic mass is 79.9. The first-order valence-corrected chi connectivity index (χ1v) is 6.55. The van der Waals surface area contributed by atoms with Crippen LogP contribution in [0.15, 0.2) is 22.8 Å². The third kappa shape index (κ3) is 2.46. The lowest BCUT2D eigenvalue weighted by Crippen LogP contribution is -2.05. The smallest absolute Gasteiger partial charge is 0.161 e. The molecule has 0 saturated heterocycles. The summed E-state index contributed by atoms with van der Waals surface area (Å²) < 4.78 is 13.3. The summed E-state index contributed by atoms with van der Waals surface area (Å²) in [6, 6.07) is 5.75. The van der Waals surface area contributed by atoms with Gasteiger partial charge in [0.05, 0.1) is 26.5 Å². The molecule has 0 aliphatic rings. The van der Waals surface area contributed by atoms with Crippen LogP contribution in [0, 0.1) is 0 Å². The zero-order valence-electron chi connectivity index (χ0n) is 11.1. The van der Waals surface area contributed by atoms with Crippen molar-refractivity contribution in [2.45, 2.75) is 6.54 Å². The Morgan fingerprint density at radius 1 is 1.26 bits per heavy atom. The van der Waals surface area contributed by atoms with Gasteiger partial charge in [0.1, 0.15) is 10.4 Å². The van der Waals surface area contributed by atoms with Gasteiger partial charge >= 0.3 is 0 Å². The topological polar surface area (TPSA) is 62.3 Å². The predicted octanol–water partition coefficient (Wildman–Crippen LogP) is 2.33. The lowest BCUT2D eigenvalue weighted by Gasteiger charge is -2.10. The first-order chi connectivity index (χ1) is 9.12. The molecule has 1 aromatic heterocycles. The summed E-state index contributed by atoms with van der Waals surface area (Å²) in [7, 11) is 5.17. The van der Waals surface area contributed by atoms with Crippen molar-refractivity contribution in [1.29, 1.82) is 0 Å². The van der Waals surface area contributed by atoms with E-state index >= 15 is 0 Å². The van der Waals surface area contributed by atoms with Crippen molar-refractivity contribution in [2.75, 3.05) is 14.2 Å². The molecule has 0 spiro atoms. The molecule has 2 rings (SSSR count). The molecule has 1 heterocycles. The van der Waals surface area contributed by atoms with Gasteiger partial charge in [-0.2, -0.15) is 0 Å². The largest absolute Gasteiger partial charge is 0.493 e. The number of hydrogen-bond acceptors (Lipinski definition) is 4. The van der Waals surface area contributed by atoms with Gasteiger partial charge < -0.3 is 19.8 Å². The van der Waals surface area contributed by atoms with Crippen LogP contribution in [0.25, 0.3) is 11.3 Å². The van der Waals surface area contributed by atoms with Crippen LogP contribution in [0.3, 0.4) is 0 Å². The fourth-order valence-electron chi connectivity index (χ4n) is 1.99. The van der Waals surface area contributed by atoms with Crippen LogP contribution in [0.1, 0.15) is 5.82 Å². The number of nitrogens with zero attached hydrogens (tertiary/aromatic N) is 2. The first kappa shape index (κ1) is 13.9. The zero-order chi connectivity index (χ0) is 14.0. The van der Waals surface area contributed by atoms with Crippen LogP contribution in [-0.2, 0) is 13.6 Å². The number of ether oxygens (including phenoxy) is 2. The van der Waals surface area contributed by atoms with E-state index in [4.69, 9.17) is 15.2 Å². The Hall–Kier alpha value is -1.53. The molecule has 0 atom stereocenters. The van der Waals surface area contributed by atoms with Gasteiger partial charge in [-0.1, -0.05) is 0 Å². The molecule has 6 heteroatoms. The van der Waals surface area contributed by atoms with Crippen molar-refractivity contribution in [3.63, 3.8) is 0 Å². The van der Waals surface area contributed by atoms with Gasteiger partial charge in [0, 0.05) is 12.6 Å². The molecule has 1 aromatic carbocycles. The van der Waals surface area contributed by atoms with Crippen molar-refractivity contribution in [3.05, 3.63) is 28.6 Å². The molecule has 0 fully saturated rings. The van der Waals surface area contributed by atoms with E-state index in [1.807, 2.05) is 29.8 Å². The summed E-state index contributed by atoms with van der Waals surface area (Å²) in [5.41, 5.74) is 7.61. The Balaban J connectivity index is 2.56. The Bertz CT molecular complexity index is 596. The van der Waals surface area contributed by atoms with E-state index in [1.165, 1.54) is 0 Å². The maximum Gasteiger partial charge on any atom is 0.161 e. The minimum Gasteiger partial charge on any atom is -0.493 e. The van der Waals surface area contributed by atoms with Crippen molar-refractivity contribution in [2.24, 2.45) is 12.8 Å². The van der Waals surface area contributed by atoms with Crippen molar-refractivity contribution in [1.82, 2.24) is 9.55 Å². The summed E-state index contributed by atoms with van der Waals surface area (Å²) in [5.74, 6) is 2.20. The van der Waals surface area contributed by atoms with Gasteiger partial charge in [-0.15, -0.1) is 0 Å². The second-order valence-corrected chi connectivity index (χ2v) is 4.75. The third-order valence-corrected chi connectivity index (χ3v) is 3.54. The average Bonchev–Trinajstić information content (AvgIpc) is 2.72. The van der Waals surface area contributed by atoms with Crippen LogP contribution >= 0.6 is 15.9 Å². The Kier molecular flexibility index (Phi) is 4.11. The molecule has 0 aliphatic carbocycles. The van der Waals surface area contributed by atoms with E-state index in [-0.39, 0.29) is 0 Å². The minimum atomic E-state index is 0.391. The number of halogens is 1. The van der Waals surface area contributed by atoms with E-state index in [1.54, 1.807) is 14.2 Å². The molecule has 0 unspecified atom stereocenters. The van der Waals surface area contributed by atoms with Crippen LogP contribution in [0.2, 0.25) is 0 Å². The van der Waals surface area contributed by atoms with Crippen molar-refractivity contribution >= 4 is 15.9 Å². The molecule has 0 bridgehead atoms. The lowest BCUT2D eigenvalue weighted by molar-refractivity contribution is 0.355. The quantitative estimate of drug-likeness (QED) is 0.937. The molecule has 0 radical (unpaired) electrons. The third-order valence-electron chi connectivity index (χ3n) is 2.98. The molecular weight excluding hydrogens is 310 g/mol. The van der Waals surface area contributed by atoms with Crippen LogP contribution in [-0.4, -0.2) is 23.8 Å². The lowest BCUT2D eigenvalue weighted by atomic mass is 10.1. The highest BCUT2D eigenvalue weighted by molar-refractivity contribution is 9.10. The summed E-state index contributed by atoms with van der Waals surface area (Å²) >= 11 is 3.47. The monoisotopic (exact) mass is 325 g/mol. The number of nitrogens with two attached hydrogens (primary N) is 1. The molecule has 19 heavy (non-hydrogen) atoms. The number of methoxy groups -OCH3 is 2. The SMILES string of the molecule is COc1ccc(-c2c(Br)nc(CN)n2C)cc1OC. The highest BCUT2D eigenvalue weighted by Crippen LogP contribution is 2.35. The summed E-state index contributed by atoms with van der Waals surface area (Å²) in [5, 5.41) is 0. The Labute approximate surface area is 120 Å². The average molecular weight is 326 g/mol. The predicted molar refractivity (Wildman–Crippen MR) is 77.3 cm³/mol. The molecule has 2 aromatic rings. The van der Waals surface area contributed by atoms with Gasteiger partial charge in [0.2, 0.25) is 0 Å². The van der Waals surface area contributed by atoms with Crippen molar-refractivity contribution < 1.29 is 9.47 Å². The number of benzene rings is 1. The van der Waals surface area contributed by atoms with Crippen LogP contribution in [0.4, 0.5) is 0 Å². The van der Waals surface area contributed by atoms with E-state index < -0.39 is 0 Å². The van der Waals surface area contributed by atoms with Crippen molar-refractivity contribution in [3.8, 4) is 22.8 Å². The number of aromatic nitrogens is 2. The molecule has 102 valence electrons. The summed E-state index contributed by atoms with van der Waals surface area (Å²) in [6.45, 7) is 0.391. The Morgan fingerprint density at radius 2 is 1.95 bits per heavy atom. The van der Waals surface area contributed by atoms with E-state index in [0.717, 1.165) is 21.7 Å². The summed E-state index contributed by atoms with van der Waals surface area (Å²) in [6.07, 6.45) is 0. The standard InChI is InChI=1S/C13H16BrN3O2/c1-17-11(7-15)16-13(14)12(17)8-4-5-9(18-2)10(6-8)19-3/h4-6H,7,15H2,1-3H3. The summed E-state index contributed by atoms with van der Waals surface area (Å²) in [4.78, 5) is 4.39. The van der Waals surface area contributed by atoms with Crippen LogP contribution < -0.4 is 15.2 Å². The fraction of sp³-hybridized carbons (Fsp3) is 0.308. The molecule has 0 saturated carbocycles. The Morgan fingerprint density at radius 3 is 2.47 bits per heavy atom. The maximum atomic E-state index is 5.66. The highest BCUT2D eigenvalue weighted by Gasteiger charge is 2.15. The van der Waals surface area contributed by atoms with E-state index in [2.05, 4.69) is 20.9 Å². The van der Waals surface area contributed by atoms with Gasteiger partial charge in [0.25, 0.3) is 0 Å². The number of imidazole rings is 1. The maximum absolute atomic E-state index is 5.66. The van der Waals surface area contributed by atoms with Gasteiger partial charge in [-0.05, 0) is 34.1 Å². The van der Waals surface area contributed by atoms with Gasteiger partial charge in [0.15, 0.2) is 11.5 Å². The van der Waals surface area contributed by atoms with Gasteiger partial charge in [-0.25, -0.2) is 4.98 Å². The zero-order valence-corrected chi connectivity index (χ0v) is 12.7. The minimum absolute atomic E-state index is 0.391. The number of rotatable bonds is 4. The van der Waals surface area contributed by atoms with Gasteiger partial charge in [-0.3, -0.25) is 0 Å². The van der Waals surface area contributed by atoms with E-state index in [9.17, 15) is 0 Å². The molecule has 0 aliphatic heterocycles. The molecular formula is C13H16BrN3O2. The molecule has 0 amide bonds.